The smallest absolute Gasteiger partial charge is 0.248 e. The monoisotopic (exact) mass is 428 g/mol. The molecule has 0 aliphatic carbocycles. The molecule has 0 radical (unpaired) electrons. The van der Waals surface area contributed by atoms with Crippen molar-refractivity contribution in [3.05, 3.63) is 78.1 Å². The molecule has 1 amide bonds. The van der Waals surface area contributed by atoms with Gasteiger partial charge in [0.05, 0.1) is 17.4 Å². The third-order valence-corrected chi connectivity index (χ3v) is 6.05. The Bertz CT molecular complexity index is 1130. The molecule has 0 saturated heterocycles. The van der Waals surface area contributed by atoms with Crippen molar-refractivity contribution in [1.29, 1.82) is 0 Å². The summed E-state index contributed by atoms with van der Waals surface area (Å²) in [6, 6.07) is 14.7. The highest BCUT2D eigenvalue weighted by Gasteiger charge is 2.13. The number of nitrogens with zero attached hydrogens (tertiary/aromatic N) is 3. The lowest BCUT2D eigenvalue weighted by Crippen LogP contribution is -2.29. The van der Waals surface area contributed by atoms with Gasteiger partial charge in [-0.05, 0) is 74.6 Å². The molecular weight excluding hydrogens is 396 g/mol. The number of aromatic nitrogens is 2. The number of unbranched alkanes of at least 4 members (excludes halogenated alkanes) is 1. The standard InChI is InChI=1S/C27H32N4O/c1-3-9-26(32)29-24-18-21(2)27-25(19-24)28-20-31(27)15-8-7-14-30-16-12-23(13-17-30)22-10-5-4-6-11-22/h3-6,9-12,18-20H,7-8,13-17H2,1-2H3,(H,29,32). The Kier molecular flexibility index (Phi) is 7.17. The molecule has 5 heteroatoms. The van der Waals surface area contributed by atoms with E-state index in [1.165, 1.54) is 23.6 Å². The minimum Gasteiger partial charge on any atom is -0.330 e. The van der Waals surface area contributed by atoms with Crippen molar-refractivity contribution in [2.24, 2.45) is 0 Å². The molecular formula is C27H32N4O. The molecule has 1 aromatic heterocycles. The van der Waals surface area contributed by atoms with Gasteiger partial charge in [-0.3, -0.25) is 9.69 Å². The van der Waals surface area contributed by atoms with Gasteiger partial charge < -0.3 is 9.88 Å². The number of hydrogen-bond acceptors (Lipinski definition) is 3. The van der Waals surface area contributed by atoms with E-state index in [4.69, 9.17) is 0 Å². The number of rotatable bonds is 8. The highest BCUT2D eigenvalue weighted by molar-refractivity contribution is 6.00. The zero-order valence-corrected chi connectivity index (χ0v) is 19.1. The fourth-order valence-corrected chi connectivity index (χ4v) is 4.45. The number of anilines is 1. The number of imidazole rings is 1. The van der Waals surface area contributed by atoms with Crippen LogP contribution in [-0.4, -0.2) is 40.0 Å². The number of amides is 1. The van der Waals surface area contributed by atoms with Gasteiger partial charge in [-0.15, -0.1) is 0 Å². The second kappa shape index (κ2) is 10.4. The number of allylic oxidation sites excluding steroid dienone is 1. The SMILES string of the molecule is CC=CC(=O)Nc1cc(C)c2c(c1)ncn2CCCCN1CC=C(c2ccccc2)CC1. The first kappa shape index (κ1) is 22.0. The van der Waals surface area contributed by atoms with Gasteiger partial charge in [0.2, 0.25) is 5.91 Å². The molecule has 2 aromatic carbocycles. The van der Waals surface area contributed by atoms with Gasteiger partial charge in [-0.1, -0.05) is 42.5 Å². The number of carbonyl (C=O) groups excluding carboxylic acids is 1. The molecule has 0 saturated carbocycles. The minimum absolute atomic E-state index is 0.117. The fraction of sp³-hybridized carbons (Fsp3) is 0.333. The first-order valence-corrected chi connectivity index (χ1v) is 11.5. The van der Waals surface area contributed by atoms with E-state index in [-0.39, 0.29) is 5.91 Å². The lowest BCUT2D eigenvalue weighted by Gasteiger charge is -2.26. The normalized spacial score (nSPS) is 14.8. The van der Waals surface area contributed by atoms with Crippen LogP contribution in [0, 0.1) is 6.92 Å². The van der Waals surface area contributed by atoms with Gasteiger partial charge in [0.25, 0.3) is 0 Å². The third kappa shape index (κ3) is 5.35. The van der Waals surface area contributed by atoms with Crippen LogP contribution in [0.3, 0.4) is 0 Å². The Hall–Kier alpha value is -3.18. The number of benzene rings is 2. The van der Waals surface area contributed by atoms with Crippen LogP contribution in [0.15, 0.2) is 67.0 Å². The maximum Gasteiger partial charge on any atom is 0.248 e. The predicted molar refractivity (Wildman–Crippen MR) is 133 cm³/mol. The summed E-state index contributed by atoms with van der Waals surface area (Å²) >= 11 is 0. The average molecular weight is 429 g/mol. The maximum atomic E-state index is 11.8. The Balaban J connectivity index is 1.29. The second-order valence-electron chi connectivity index (χ2n) is 8.44. The molecule has 1 aliphatic rings. The molecule has 3 aromatic rings. The van der Waals surface area contributed by atoms with Crippen LogP contribution in [-0.2, 0) is 11.3 Å². The van der Waals surface area contributed by atoms with Gasteiger partial charge >= 0.3 is 0 Å². The fourth-order valence-electron chi connectivity index (χ4n) is 4.45. The first-order valence-electron chi connectivity index (χ1n) is 11.5. The van der Waals surface area contributed by atoms with E-state index in [0.717, 1.165) is 61.3 Å². The molecule has 1 N–H and O–H groups in total. The Morgan fingerprint density at radius 2 is 1.97 bits per heavy atom. The number of fused-ring (bicyclic) bond motifs is 1. The summed E-state index contributed by atoms with van der Waals surface area (Å²) in [6.45, 7) is 8.18. The van der Waals surface area contributed by atoms with Crippen LogP contribution < -0.4 is 5.32 Å². The predicted octanol–water partition coefficient (Wildman–Crippen LogP) is 5.43. The van der Waals surface area contributed by atoms with E-state index in [1.807, 2.05) is 25.4 Å². The minimum atomic E-state index is -0.117. The van der Waals surface area contributed by atoms with E-state index in [0.29, 0.717) is 0 Å². The Morgan fingerprint density at radius 3 is 2.72 bits per heavy atom. The van der Waals surface area contributed by atoms with Gasteiger partial charge in [0.1, 0.15) is 0 Å². The molecule has 0 bridgehead atoms. The number of carbonyl (C=O) groups is 1. The Morgan fingerprint density at radius 1 is 1.16 bits per heavy atom. The molecule has 32 heavy (non-hydrogen) atoms. The van der Waals surface area contributed by atoms with Crippen molar-refractivity contribution < 1.29 is 4.79 Å². The van der Waals surface area contributed by atoms with E-state index in [2.05, 4.69) is 63.1 Å². The van der Waals surface area contributed by atoms with E-state index >= 15 is 0 Å². The summed E-state index contributed by atoms with van der Waals surface area (Å²) in [5.74, 6) is -0.117. The molecule has 0 spiro atoms. The zero-order valence-electron chi connectivity index (χ0n) is 19.1. The summed E-state index contributed by atoms with van der Waals surface area (Å²) in [4.78, 5) is 18.9. The largest absolute Gasteiger partial charge is 0.330 e. The Labute approximate surface area is 190 Å². The number of nitrogens with one attached hydrogen (secondary N) is 1. The summed E-state index contributed by atoms with van der Waals surface area (Å²) < 4.78 is 2.24. The van der Waals surface area contributed by atoms with Crippen molar-refractivity contribution in [2.75, 3.05) is 25.0 Å². The summed E-state index contributed by atoms with van der Waals surface area (Å²) in [5, 5.41) is 2.90. The van der Waals surface area contributed by atoms with Crippen LogP contribution in [0.2, 0.25) is 0 Å². The van der Waals surface area contributed by atoms with Crippen LogP contribution in [0.25, 0.3) is 16.6 Å². The number of aryl methyl sites for hydroxylation is 2. The summed E-state index contributed by atoms with van der Waals surface area (Å²) in [6.07, 6.45) is 11.0. The average Bonchev–Trinajstić information content (AvgIpc) is 3.21. The molecule has 166 valence electrons. The lowest BCUT2D eigenvalue weighted by molar-refractivity contribution is -0.111. The van der Waals surface area contributed by atoms with Crippen molar-refractivity contribution in [2.45, 2.75) is 39.7 Å². The van der Waals surface area contributed by atoms with E-state index in [1.54, 1.807) is 6.08 Å². The van der Waals surface area contributed by atoms with Crippen LogP contribution in [0.1, 0.15) is 37.3 Å². The molecule has 0 atom stereocenters. The topological polar surface area (TPSA) is 50.2 Å². The van der Waals surface area contributed by atoms with Crippen molar-refractivity contribution in [3.8, 4) is 0 Å². The van der Waals surface area contributed by atoms with Crippen LogP contribution in [0.5, 0.6) is 0 Å². The van der Waals surface area contributed by atoms with Crippen molar-refractivity contribution in [1.82, 2.24) is 14.5 Å². The quantitative estimate of drug-likeness (QED) is 0.384. The van der Waals surface area contributed by atoms with Gasteiger partial charge in [-0.25, -0.2) is 4.98 Å². The third-order valence-electron chi connectivity index (χ3n) is 6.05. The van der Waals surface area contributed by atoms with Gasteiger partial charge in [-0.2, -0.15) is 0 Å². The van der Waals surface area contributed by atoms with E-state index < -0.39 is 0 Å². The maximum absolute atomic E-state index is 11.8. The van der Waals surface area contributed by atoms with E-state index in [9.17, 15) is 4.79 Å². The van der Waals surface area contributed by atoms with Crippen molar-refractivity contribution >= 4 is 28.2 Å². The number of hydrogen-bond donors (Lipinski definition) is 1. The van der Waals surface area contributed by atoms with Gasteiger partial charge in [0, 0.05) is 25.3 Å². The molecule has 5 nitrogen and oxygen atoms in total. The molecule has 0 fully saturated rings. The second-order valence-corrected chi connectivity index (χ2v) is 8.44. The molecule has 1 aliphatic heterocycles. The van der Waals surface area contributed by atoms with Crippen LogP contribution >= 0.6 is 0 Å². The molecule has 4 rings (SSSR count). The molecule has 2 heterocycles. The van der Waals surface area contributed by atoms with Crippen molar-refractivity contribution in [3.63, 3.8) is 0 Å². The first-order chi connectivity index (χ1) is 15.6. The lowest BCUT2D eigenvalue weighted by atomic mass is 9.99. The molecule has 0 unspecified atom stereocenters. The summed E-state index contributed by atoms with van der Waals surface area (Å²) in [7, 11) is 0. The van der Waals surface area contributed by atoms with Gasteiger partial charge in [0.15, 0.2) is 0 Å². The summed E-state index contributed by atoms with van der Waals surface area (Å²) in [5.41, 5.74) is 6.84. The zero-order chi connectivity index (χ0) is 22.3. The van der Waals surface area contributed by atoms with Crippen LogP contribution in [0.4, 0.5) is 5.69 Å². The highest BCUT2D eigenvalue weighted by atomic mass is 16.1. The highest BCUT2D eigenvalue weighted by Crippen LogP contribution is 2.24.